The Morgan fingerprint density at radius 2 is 2.18 bits per heavy atom. The van der Waals surface area contributed by atoms with Crippen molar-refractivity contribution in [2.24, 2.45) is 0 Å². The lowest BCUT2D eigenvalue weighted by Crippen LogP contribution is -2.54. The molecule has 1 aromatic rings. The molecule has 0 aliphatic carbocycles. The van der Waals surface area contributed by atoms with Crippen molar-refractivity contribution in [3.8, 4) is 11.8 Å². The number of hydrogen-bond donors (Lipinski definition) is 1. The number of benzene rings is 1. The molecule has 0 unspecified atom stereocenters. The first-order chi connectivity index (χ1) is 10.6. The Labute approximate surface area is 132 Å². The van der Waals surface area contributed by atoms with E-state index in [9.17, 15) is 5.11 Å². The molecular formula is C17H25N3O2. The topological polar surface area (TPSA) is 59.7 Å². The van der Waals surface area contributed by atoms with E-state index in [4.69, 9.17) is 10.00 Å². The van der Waals surface area contributed by atoms with Gasteiger partial charge in [0.2, 0.25) is 0 Å². The van der Waals surface area contributed by atoms with Gasteiger partial charge in [-0.2, -0.15) is 5.26 Å². The number of para-hydroxylation sites is 1. The van der Waals surface area contributed by atoms with Gasteiger partial charge < -0.3 is 9.84 Å². The van der Waals surface area contributed by atoms with Gasteiger partial charge in [-0.05, 0) is 26.0 Å². The van der Waals surface area contributed by atoms with E-state index in [0.717, 1.165) is 32.7 Å². The number of ether oxygens (including phenoxy) is 1. The van der Waals surface area contributed by atoms with E-state index < -0.39 is 0 Å². The fourth-order valence-corrected chi connectivity index (χ4v) is 2.85. The quantitative estimate of drug-likeness (QED) is 0.859. The molecule has 1 aliphatic rings. The van der Waals surface area contributed by atoms with E-state index in [-0.39, 0.29) is 6.10 Å². The molecule has 0 spiro atoms. The van der Waals surface area contributed by atoms with Crippen LogP contribution >= 0.6 is 0 Å². The van der Waals surface area contributed by atoms with E-state index in [1.165, 1.54) is 0 Å². The summed E-state index contributed by atoms with van der Waals surface area (Å²) in [7, 11) is 0. The van der Waals surface area contributed by atoms with Gasteiger partial charge >= 0.3 is 0 Å². The molecular weight excluding hydrogens is 278 g/mol. The van der Waals surface area contributed by atoms with Crippen molar-refractivity contribution in [2.75, 3.05) is 39.3 Å². The summed E-state index contributed by atoms with van der Waals surface area (Å²) >= 11 is 0. The molecule has 0 aromatic heterocycles. The molecule has 120 valence electrons. The lowest BCUT2D eigenvalue weighted by Gasteiger charge is -2.40. The van der Waals surface area contributed by atoms with E-state index in [2.05, 4.69) is 22.8 Å². The summed E-state index contributed by atoms with van der Waals surface area (Å²) in [4.78, 5) is 4.70. The molecule has 1 N–H and O–H groups in total. The number of β-amino-alcohol motifs (C(OH)–C–C–N with tert-alkyl or cyclic N) is 1. The van der Waals surface area contributed by atoms with Gasteiger partial charge in [0.15, 0.2) is 0 Å². The minimum Gasteiger partial charge on any atom is -0.491 e. The predicted octanol–water partition coefficient (Wildman–Crippen LogP) is 1.32. The van der Waals surface area contributed by atoms with Crippen LogP contribution in [-0.2, 0) is 0 Å². The molecule has 1 aromatic carbocycles. The van der Waals surface area contributed by atoms with Gasteiger partial charge in [-0.15, -0.1) is 0 Å². The van der Waals surface area contributed by atoms with Crippen LogP contribution in [0.25, 0.3) is 0 Å². The van der Waals surface area contributed by atoms with Crippen molar-refractivity contribution >= 4 is 0 Å². The Morgan fingerprint density at radius 3 is 2.86 bits per heavy atom. The highest BCUT2D eigenvalue weighted by molar-refractivity contribution is 5.42. The molecule has 22 heavy (non-hydrogen) atoms. The first-order valence-corrected chi connectivity index (χ1v) is 7.86. The van der Waals surface area contributed by atoms with Gasteiger partial charge in [0.1, 0.15) is 18.4 Å². The second kappa shape index (κ2) is 8.14. The lowest BCUT2D eigenvalue weighted by molar-refractivity contribution is 0.0404. The van der Waals surface area contributed by atoms with Crippen LogP contribution in [0, 0.1) is 11.3 Å². The van der Waals surface area contributed by atoms with Gasteiger partial charge in [-0.1, -0.05) is 12.1 Å². The molecule has 0 saturated carbocycles. The monoisotopic (exact) mass is 303 g/mol. The summed E-state index contributed by atoms with van der Waals surface area (Å²) in [6, 6.07) is 9.91. The number of piperazine rings is 1. The maximum Gasteiger partial charge on any atom is 0.137 e. The fourth-order valence-electron chi connectivity index (χ4n) is 2.85. The molecule has 0 amide bonds. The Balaban J connectivity index is 1.76. The molecule has 1 aliphatic heterocycles. The maximum absolute atomic E-state index is 9.50. The first-order valence-electron chi connectivity index (χ1n) is 7.86. The highest BCUT2D eigenvalue weighted by Gasteiger charge is 2.24. The van der Waals surface area contributed by atoms with Crippen LogP contribution in [0.3, 0.4) is 0 Å². The van der Waals surface area contributed by atoms with Crippen LogP contribution < -0.4 is 4.74 Å². The Morgan fingerprint density at radius 1 is 1.41 bits per heavy atom. The van der Waals surface area contributed by atoms with Crippen molar-refractivity contribution < 1.29 is 9.84 Å². The zero-order valence-electron chi connectivity index (χ0n) is 13.4. The average Bonchev–Trinajstić information content (AvgIpc) is 2.50. The van der Waals surface area contributed by atoms with Crippen LogP contribution in [0.4, 0.5) is 0 Å². The molecule has 5 heteroatoms. The maximum atomic E-state index is 9.50. The molecule has 5 nitrogen and oxygen atoms in total. The first kappa shape index (κ1) is 16.8. The van der Waals surface area contributed by atoms with E-state index in [1.54, 1.807) is 6.07 Å². The zero-order valence-corrected chi connectivity index (χ0v) is 13.4. The van der Waals surface area contributed by atoms with Gasteiger partial charge in [0, 0.05) is 38.8 Å². The van der Waals surface area contributed by atoms with E-state index in [0.29, 0.717) is 24.0 Å². The van der Waals surface area contributed by atoms with Gasteiger partial charge in [0.25, 0.3) is 0 Å². The van der Waals surface area contributed by atoms with Crippen LogP contribution in [-0.4, -0.2) is 66.4 Å². The zero-order chi connectivity index (χ0) is 15.9. The highest BCUT2D eigenvalue weighted by atomic mass is 16.5. The van der Waals surface area contributed by atoms with Crippen molar-refractivity contribution in [3.05, 3.63) is 29.8 Å². The highest BCUT2D eigenvalue weighted by Crippen LogP contribution is 2.16. The van der Waals surface area contributed by atoms with Crippen molar-refractivity contribution in [1.29, 1.82) is 5.26 Å². The smallest absolute Gasteiger partial charge is 0.137 e. The van der Waals surface area contributed by atoms with Gasteiger partial charge in [-0.25, -0.2) is 0 Å². The van der Waals surface area contributed by atoms with Crippen LogP contribution in [0.15, 0.2) is 24.3 Å². The lowest BCUT2D eigenvalue weighted by atomic mass is 10.1. The Kier molecular flexibility index (Phi) is 6.20. The SMILES string of the molecule is C[C@@H]1CN(CCOc2ccccc2C#N)CCN1C[C@@H](C)O. The largest absolute Gasteiger partial charge is 0.491 e. The normalized spacial score (nSPS) is 21.3. The summed E-state index contributed by atoms with van der Waals surface area (Å²) in [5.74, 6) is 0.658. The number of aliphatic hydroxyl groups is 1. The van der Waals surface area contributed by atoms with Gasteiger partial charge in [0.05, 0.1) is 11.7 Å². The molecule has 1 fully saturated rings. The molecule has 1 saturated heterocycles. The summed E-state index contributed by atoms with van der Waals surface area (Å²) < 4.78 is 5.74. The second-order valence-electron chi connectivity index (χ2n) is 5.95. The van der Waals surface area contributed by atoms with Crippen molar-refractivity contribution in [3.63, 3.8) is 0 Å². The van der Waals surface area contributed by atoms with Crippen LogP contribution in [0.1, 0.15) is 19.4 Å². The minimum atomic E-state index is -0.278. The third kappa shape index (κ3) is 4.70. The fraction of sp³-hybridized carbons (Fsp3) is 0.588. The number of nitrogens with zero attached hydrogens (tertiary/aromatic N) is 3. The number of nitriles is 1. The van der Waals surface area contributed by atoms with Crippen LogP contribution in [0.5, 0.6) is 5.75 Å². The summed E-state index contributed by atoms with van der Waals surface area (Å²) in [5.41, 5.74) is 0.581. The van der Waals surface area contributed by atoms with Crippen molar-refractivity contribution in [1.82, 2.24) is 9.80 Å². The molecule has 2 atom stereocenters. The molecule has 0 radical (unpaired) electrons. The Hall–Kier alpha value is -1.61. The minimum absolute atomic E-state index is 0.278. The molecule has 1 heterocycles. The Bertz CT molecular complexity index is 513. The van der Waals surface area contributed by atoms with E-state index in [1.807, 2.05) is 25.1 Å². The average molecular weight is 303 g/mol. The van der Waals surface area contributed by atoms with Gasteiger partial charge in [-0.3, -0.25) is 9.80 Å². The summed E-state index contributed by atoms with van der Waals surface area (Å²) in [6.07, 6.45) is -0.278. The van der Waals surface area contributed by atoms with Crippen molar-refractivity contribution in [2.45, 2.75) is 26.0 Å². The van der Waals surface area contributed by atoms with E-state index >= 15 is 0 Å². The number of aliphatic hydroxyl groups excluding tert-OH is 1. The number of hydrogen-bond acceptors (Lipinski definition) is 5. The molecule has 2 rings (SSSR count). The third-order valence-electron chi connectivity index (χ3n) is 4.02. The number of rotatable bonds is 6. The predicted molar refractivity (Wildman–Crippen MR) is 85.8 cm³/mol. The summed E-state index contributed by atoms with van der Waals surface area (Å²) in [5, 5.41) is 18.5. The second-order valence-corrected chi connectivity index (χ2v) is 5.95. The third-order valence-corrected chi connectivity index (χ3v) is 4.02. The molecule has 0 bridgehead atoms. The summed E-state index contributed by atoms with van der Waals surface area (Å²) in [6.45, 7) is 9.15. The standard InChI is InChI=1S/C17H25N3O2/c1-14-12-19(7-8-20(14)13-15(2)21)9-10-22-17-6-4-3-5-16(17)11-18/h3-6,14-15,21H,7-10,12-13H2,1-2H3/t14-,15-/m1/s1. The van der Waals surface area contributed by atoms with Crippen LogP contribution in [0.2, 0.25) is 0 Å².